The molecule has 0 heterocycles. The SMILES string of the molecule is Cc1ccc(S(=O)(=O)N(CC(=O)Nc2ccc(Cl)cc2C(F)(F)F)c2ccc(C(C)C)cc2)cc1. The van der Waals surface area contributed by atoms with Crippen molar-refractivity contribution in [1.82, 2.24) is 0 Å². The predicted octanol–water partition coefficient (Wildman–Crippen LogP) is 6.62. The van der Waals surface area contributed by atoms with Crippen LogP contribution in [0.2, 0.25) is 5.02 Å². The maximum Gasteiger partial charge on any atom is 0.418 e. The van der Waals surface area contributed by atoms with Crippen LogP contribution < -0.4 is 9.62 Å². The van der Waals surface area contributed by atoms with E-state index >= 15 is 0 Å². The van der Waals surface area contributed by atoms with Crippen LogP contribution in [-0.4, -0.2) is 20.9 Å². The Morgan fingerprint density at radius 3 is 2.14 bits per heavy atom. The number of alkyl halides is 3. The number of carbonyl (C=O) groups excluding carboxylic acids is 1. The fourth-order valence-electron chi connectivity index (χ4n) is 3.36. The molecule has 0 aliphatic rings. The molecule has 0 saturated carbocycles. The van der Waals surface area contributed by atoms with Crippen molar-refractivity contribution in [2.24, 2.45) is 0 Å². The van der Waals surface area contributed by atoms with Crippen LogP contribution in [0.3, 0.4) is 0 Å². The molecule has 0 unspecified atom stereocenters. The Kier molecular flexibility index (Phi) is 7.81. The van der Waals surface area contributed by atoms with Crippen molar-refractivity contribution in [3.63, 3.8) is 0 Å². The molecule has 3 aromatic rings. The van der Waals surface area contributed by atoms with Gasteiger partial charge in [0.1, 0.15) is 6.54 Å². The van der Waals surface area contributed by atoms with Gasteiger partial charge in [-0.15, -0.1) is 0 Å². The van der Waals surface area contributed by atoms with Crippen LogP contribution in [0.5, 0.6) is 0 Å². The lowest BCUT2D eigenvalue weighted by Crippen LogP contribution is -2.38. The number of hydrogen-bond donors (Lipinski definition) is 1. The highest BCUT2D eigenvalue weighted by Gasteiger charge is 2.35. The summed E-state index contributed by atoms with van der Waals surface area (Å²) in [7, 11) is -4.21. The van der Waals surface area contributed by atoms with E-state index in [9.17, 15) is 26.4 Å². The first-order valence-corrected chi connectivity index (χ1v) is 12.5. The molecule has 0 aliphatic carbocycles. The van der Waals surface area contributed by atoms with Crippen LogP contribution in [0.1, 0.15) is 36.5 Å². The number of amides is 1. The number of halogens is 4. The largest absolute Gasteiger partial charge is 0.418 e. The molecule has 0 bridgehead atoms. The van der Waals surface area contributed by atoms with Gasteiger partial charge in [0.2, 0.25) is 5.91 Å². The normalized spacial score (nSPS) is 12.0. The Balaban J connectivity index is 1.99. The minimum absolute atomic E-state index is 0.0497. The fraction of sp³-hybridized carbons (Fsp3) is 0.240. The van der Waals surface area contributed by atoms with Crippen LogP contribution >= 0.6 is 11.6 Å². The Morgan fingerprint density at radius 1 is 1.00 bits per heavy atom. The van der Waals surface area contributed by atoms with E-state index in [1.54, 1.807) is 43.3 Å². The first kappa shape index (κ1) is 26.6. The van der Waals surface area contributed by atoms with Gasteiger partial charge < -0.3 is 5.32 Å². The zero-order chi connectivity index (χ0) is 26.0. The number of sulfonamides is 1. The van der Waals surface area contributed by atoms with Crippen LogP contribution in [0.4, 0.5) is 24.5 Å². The van der Waals surface area contributed by atoms with E-state index in [0.717, 1.165) is 21.5 Å². The zero-order valence-electron chi connectivity index (χ0n) is 19.2. The van der Waals surface area contributed by atoms with E-state index in [1.807, 2.05) is 13.8 Å². The van der Waals surface area contributed by atoms with Crippen molar-refractivity contribution >= 4 is 38.9 Å². The van der Waals surface area contributed by atoms with Crippen molar-refractivity contribution in [2.75, 3.05) is 16.2 Å². The highest BCUT2D eigenvalue weighted by molar-refractivity contribution is 7.92. The quantitative estimate of drug-likeness (QED) is 0.377. The summed E-state index contributed by atoms with van der Waals surface area (Å²) in [5.41, 5.74) is 0.360. The van der Waals surface area contributed by atoms with Gasteiger partial charge >= 0.3 is 6.18 Å². The van der Waals surface area contributed by atoms with E-state index in [2.05, 4.69) is 5.32 Å². The lowest BCUT2D eigenvalue weighted by molar-refractivity contribution is -0.137. The second-order valence-electron chi connectivity index (χ2n) is 8.31. The summed E-state index contributed by atoms with van der Waals surface area (Å²) in [5, 5.41) is 2.03. The average molecular weight is 525 g/mol. The third-order valence-electron chi connectivity index (χ3n) is 5.31. The van der Waals surface area contributed by atoms with E-state index < -0.39 is 39.9 Å². The fourth-order valence-corrected chi connectivity index (χ4v) is 4.95. The van der Waals surface area contributed by atoms with Crippen LogP contribution in [0.25, 0.3) is 0 Å². The van der Waals surface area contributed by atoms with Gasteiger partial charge in [-0.3, -0.25) is 9.10 Å². The minimum Gasteiger partial charge on any atom is -0.324 e. The first-order valence-electron chi connectivity index (χ1n) is 10.6. The third kappa shape index (κ3) is 6.35. The van der Waals surface area contributed by atoms with Crippen molar-refractivity contribution in [1.29, 1.82) is 0 Å². The van der Waals surface area contributed by atoms with Gasteiger partial charge in [0.25, 0.3) is 10.0 Å². The maximum atomic E-state index is 13.5. The number of nitrogens with one attached hydrogen (secondary N) is 1. The highest BCUT2D eigenvalue weighted by Crippen LogP contribution is 2.36. The van der Waals surface area contributed by atoms with Gasteiger partial charge in [0, 0.05) is 5.02 Å². The summed E-state index contributed by atoms with van der Waals surface area (Å²) >= 11 is 5.70. The summed E-state index contributed by atoms with van der Waals surface area (Å²) in [6, 6.07) is 15.6. The summed E-state index contributed by atoms with van der Waals surface area (Å²) in [6.45, 7) is 5.02. The molecule has 1 amide bonds. The Labute approximate surface area is 207 Å². The number of hydrogen-bond acceptors (Lipinski definition) is 3. The second-order valence-corrected chi connectivity index (χ2v) is 10.6. The van der Waals surface area contributed by atoms with Crippen molar-refractivity contribution in [3.8, 4) is 0 Å². The second kappa shape index (κ2) is 10.3. The van der Waals surface area contributed by atoms with E-state index in [1.165, 1.54) is 18.2 Å². The molecule has 0 atom stereocenters. The van der Waals surface area contributed by atoms with Crippen molar-refractivity contribution < 1.29 is 26.4 Å². The minimum atomic E-state index is -4.77. The van der Waals surface area contributed by atoms with Gasteiger partial charge in [-0.25, -0.2) is 8.42 Å². The lowest BCUT2D eigenvalue weighted by atomic mass is 10.0. The predicted molar refractivity (Wildman–Crippen MR) is 131 cm³/mol. The molecule has 0 spiro atoms. The topological polar surface area (TPSA) is 66.5 Å². The highest BCUT2D eigenvalue weighted by atomic mass is 35.5. The molecule has 0 aliphatic heterocycles. The molecule has 10 heteroatoms. The number of carbonyl (C=O) groups is 1. The molecular weight excluding hydrogens is 501 g/mol. The Hall–Kier alpha value is -3.04. The van der Waals surface area contributed by atoms with Crippen molar-refractivity contribution in [2.45, 2.75) is 37.8 Å². The maximum absolute atomic E-state index is 13.5. The number of rotatable bonds is 7. The molecule has 3 rings (SSSR count). The monoisotopic (exact) mass is 524 g/mol. The van der Waals surface area contributed by atoms with E-state index in [4.69, 9.17) is 11.6 Å². The van der Waals surface area contributed by atoms with Crippen LogP contribution in [0.15, 0.2) is 71.6 Å². The Bertz CT molecular complexity index is 1310. The molecule has 186 valence electrons. The number of nitrogens with zero attached hydrogens (tertiary/aromatic N) is 1. The van der Waals surface area contributed by atoms with Gasteiger partial charge in [-0.1, -0.05) is 55.3 Å². The number of benzene rings is 3. The Morgan fingerprint density at radius 2 is 1.60 bits per heavy atom. The molecule has 0 fully saturated rings. The standard InChI is InChI=1S/C25H24ClF3N2O3S/c1-16(2)18-6-9-20(10-7-18)31(35(33,34)21-11-4-17(3)5-12-21)15-24(32)30-23-13-8-19(26)14-22(23)25(27,28)29/h4-14,16H,15H2,1-3H3,(H,30,32). The van der Waals surface area contributed by atoms with Gasteiger partial charge in [0.05, 0.1) is 21.8 Å². The molecule has 1 N–H and O–H groups in total. The smallest absolute Gasteiger partial charge is 0.324 e. The molecule has 5 nitrogen and oxygen atoms in total. The van der Waals surface area contributed by atoms with Crippen molar-refractivity contribution in [3.05, 3.63) is 88.4 Å². The molecule has 0 aromatic heterocycles. The van der Waals surface area contributed by atoms with Crippen LogP contribution in [-0.2, 0) is 21.0 Å². The summed E-state index contributed by atoms with van der Waals surface area (Å²) in [4.78, 5) is 12.8. The number of aryl methyl sites for hydroxylation is 1. The summed E-state index contributed by atoms with van der Waals surface area (Å²) in [5.74, 6) is -0.748. The zero-order valence-corrected chi connectivity index (χ0v) is 20.8. The molecular formula is C25H24ClF3N2O3S. The summed E-state index contributed by atoms with van der Waals surface area (Å²) < 4.78 is 68.1. The first-order chi connectivity index (χ1) is 16.3. The molecule has 35 heavy (non-hydrogen) atoms. The van der Waals surface area contributed by atoms with Crippen LogP contribution in [0, 0.1) is 6.92 Å². The molecule has 0 saturated heterocycles. The lowest BCUT2D eigenvalue weighted by Gasteiger charge is -2.25. The summed E-state index contributed by atoms with van der Waals surface area (Å²) in [6.07, 6.45) is -4.77. The molecule has 0 radical (unpaired) electrons. The molecule has 3 aromatic carbocycles. The third-order valence-corrected chi connectivity index (χ3v) is 7.33. The van der Waals surface area contributed by atoms with Gasteiger partial charge in [-0.05, 0) is 60.9 Å². The van der Waals surface area contributed by atoms with E-state index in [-0.39, 0.29) is 21.5 Å². The number of anilines is 2. The average Bonchev–Trinajstić information content (AvgIpc) is 2.78. The van der Waals surface area contributed by atoms with Gasteiger partial charge in [-0.2, -0.15) is 13.2 Å². The van der Waals surface area contributed by atoms with Gasteiger partial charge in [0.15, 0.2) is 0 Å². The van der Waals surface area contributed by atoms with E-state index in [0.29, 0.717) is 6.07 Å².